The number of nitrogens with zero attached hydrogens (tertiary/aromatic N) is 3. The van der Waals surface area contributed by atoms with Crippen LogP contribution in [0.25, 0.3) is 0 Å². The number of rotatable bonds is 5. The number of piperazine rings is 1. The maximum Gasteiger partial charge on any atom is 0.253 e. The van der Waals surface area contributed by atoms with Gasteiger partial charge in [-0.1, -0.05) is 18.2 Å². The average molecular weight is 337 g/mol. The fraction of sp³-hybridized carbons (Fsp3) is 0.381. The van der Waals surface area contributed by atoms with Crippen LogP contribution in [-0.2, 0) is 0 Å². The Labute approximate surface area is 150 Å². The molecule has 0 bridgehead atoms. The van der Waals surface area contributed by atoms with Gasteiger partial charge in [0.2, 0.25) is 0 Å². The van der Waals surface area contributed by atoms with Gasteiger partial charge in [-0.05, 0) is 50.2 Å². The molecule has 4 heteroatoms. The van der Waals surface area contributed by atoms with Crippen LogP contribution in [0.4, 0.5) is 11.4 Å². The topological polar surface area (TPSA) is 26.8 Å². The number of benzene rings is 2. The second-order valence-corrected chi connectivity index (χ2v) is 6.33. The van der Waals surface area contributed by atoms with E-state index in [1.54, 1.807) is 0 Å². The molecule has 0 saturated carbocycles. The van der Waals surface area contributed by atoms with Gasteiger partial charge in [0.05, 0.1) is 0 Å². The lowest BCUT2D eigenvalue weighted by atomic mass is 10.1. The van der Waals surface area contributed by atoms with Gasteiger partial charge in [-0.3, -0.25) is 4.79 Å². The molecule has 0 N–H and O–H groups in total. The molecule has 25 heavy (non-hydrogen) atoms. The monoisotopic (exact) mass is 337 g/mol. The summed E-state index contributed by atoms with van der Waals surface area (Å²) < 4.78 is 0. The summed E-state index contributed by atoms with van der Waals surface area (Å²) in [5.41, 5.74) is 3.19. The maximum absolute atomic E-state index is 12.8. The second-order valence-electron chi connectivity index (χ2n) is 6.33. The smallest absolute Gasteiger partial charge is 0.253 e. The van der Waals surface area contributed by atoms with Crippen molar-refractivity contribution >= 4 is 17.3 Å². The number of hydrogen-bond donors (Lipinski definition) is 0. The van der Waals surface area contributed by atoms with Gasteiger partial charge >= 0.3 is 0 Å². The maximum atomic E-state index is 12.8. The lowest BCUT2D eigenvalue weighted by Crippen LogP contribution is -2.48. The van der Waals surface area contributed by atoms with E-state index < -0.39 is 0 Å². The van der Waals surface area contributed by atoms with Gasteiger partial charge in [-0.15, -0.1) is 0 Å². The minimum atomic E-state index is 0.138. The Bertz CT molecular complexity index is 672. The Kier molecular flexibility index (Phi) is 5.59. The van der Waals surface area contributed by atoms with E-state index in [1.807, 2.05) is 23.1 Å². The highest BCUT2D eigenvalue weighted by Crippen LogP contribution is 2.19. The number of hydrogen-bond acceptors (Lipinski definition) is 3. The number of para-hydroxylation sites is 1. The fourth-order valence-electron chi connectivity index (χ4n) is 3.39. The Morgan fingerprint density at radius 2 is 1.48 bits per heavy atom. The van der Waals surface area contributed by atoms with Crippen molar-refractivity contribution in [3.8, 4) is 0 Å². The summed E-state index contributed by atoms with van der Waals surface area (Å²) in [5.74, 6) is 0.138. The molecule has 0 unspecified atom stereocenters. The number of amides is 1. The van der Waals surface area contributed by atoms with Crippen molar-refractivity contribution in [1.82, 2.24) is 4.90 Å². The van der Waals surface area contributed by atoms with Gasteiger partial charge in [-0.25, -0.2) is 0 Å². The average Bonchev–Trinajstić information content (AvgIpc) is 2.70. The predicted octanol–water partition coefficient (Wildman–Crippen LogP) is 3.50. The summed E-state index contributed by atoms with van der Waals surface area (Å²) in [4.78, 5) is 19.3. The molecule has 1 aliphatic heterocycles. The first-order valence-electron chi connectivity index (χ1n) is 9.17. The van der Waals surface area contributed by atoms with E-state index in [2.05, 4.69) is 60.0 Å². The quantitative estimate of drug-likeness (QED) is 0.835. The van der Waals surface area contributed by atoms with Crippen molar-refractivity contribution < 1.29 is 4.79 Å². The van der Waals surface area contributed by atoms with Crippen LogP contribution < -0.4 is 9.80 Å². The molecule has 2 aromatic carbocycles. The molecular formula is C21H27N3O. The highest BCUT2D eigenvalue weighted by molar-refractivity contribution is 5.94. The molecule has 0 atom stereocenters. The molecule has 3 rings (SSSR count). The van der Waals surface area contributed by atoms with Gasteiger partial charge in [0.1, 0.15) is 0 Å². The summed E-state index contributed by atoms with van der Waals surface area (Å²) in [5, 5.41) is 0. The molecular weight excluding hydrogens is 310 g/mol. The molecule has 0 spiro atoms. The molecule has 1 heterocycles. The zero-order valence-electron chi connectivity index (χ0n) is 15.2. The third-order valence-electron chi connectivity index (χ3n) is 4.93. The van der Waals surface area contributed by atoms with E-state index in [9.17, 15) is 4.79 Å². The van der Waals surface area contributed by atoms with Crippen LogP contribution in [-0.4, -0.2) is 50.1 Å². The molecule has 4 nitrogen and oxygen atoms in total. The molecule has 1 aliphatic rings. The van der Waals surface area contributed by atoms with Crippen molar-refractivity contribution in [2.45, 2.75) is 13.8 Å². The molecule has 132 valence electrons. The Morgan fingerprint density at radius 3 is 2.04 bits per heavy atom. The van der Waals surface area contributed by atoms with Crippen LogP contribution in [0.5, 0.6) is 0 Å². The normalized spacial score (nSPS) is 14.5. The molecule has 2 aromatic rings. The lowest BCUT2D eigenvalue weighted by Gasteiger charge is -2.36. The number of carbonyl (C=O) groups excluding carboxylic acids is 1. The van der Waals surface area contributed by atoms with Gasteiger partial charge in [0.15, 0.2) is 0 Å². The van der Waals surface area contributed by atoms with Crippen molar-refractivity contribution in [2.24, 2.45) is 0 Å². The van der Waals surface area contributed by atoms with Gasteiger partial charge in [0, 0.05) is 56.2 Å². The zero-order chi connectivity index (χ0) is 17.6. The van der Waals surface area contributed by atoms with E-state index in [-0.39, 0.29) is 5.91 Å². The highest BCUT2D eigenvalue weighted by Gasteiger charge is 2.22. The molecule has 1 saturated heterocycles. The van der Waals surface area contributed by atoms with Crippen LogP contribution in [0.1, 0.15) is 24.2 Å². The van der Waals surface area contributed by atoms with E-state index in [0.29, 0.717) is 0 Å². The second kappa shape index (κ2) is 8.06. The van der Waals surface area contributed by atoms with Crippen LogP contribution in [0.3, 0.4) is 0 Å². The largest absolute Gasteiger partial charge is 0.372 e. The number of carbonyl (C=O) groups is 1. The minimum absolute atomic E-state index is 0.138. The summed E-state index contributed by atoms with van der Waals surface area (Å²) >= 11 is 0. The molecule has 1 fully saturated rings. The molecule has 0 aliphatic carbocycles. The van der Waals surface area contributed by atoms with Crippen LogP contribution >= 0.6 is 0 Å². The van der Waals surface area contributed by atoms with Crippen molar-refractivity contribution in [1.29, 1.82) is 0 Å². The van der Waals surface area contributed by atoms with Crippen LogP contribution in [0, 0.1) is 0 Å². The Morgan fingerprint density at radius 1 is 0.880 bits per heavy atom. The fourth-order valence-corrected chi connectivity index (χ4v) is 3.39. The summed E-state index contributed by atoms with van der Waals surface area (Å²) in [6.45, 7) is 9.55. The van der Waals surface area contributed by atoms with Crippen LogP contribution in [0.2, 0.25) is 0 Å². The van der Waals surface area contributed by atoms with E-state index >= 15 is 0 Å². The highest BCUT2D eigenvalue weighted by atomic mass is 16.2. The van der Waals surface area contributed by atoms with Gasteiger partial charge < -0.3 is 14.7 Å². The third kappa shape index (κ3) is 3.95. The first-order chi connectivity index (χ1) is 12.2. The minimum Gasteiger partial charge on any atom is -0.372 e. The Hall–Kier alpha value is -2.49. The van der Waals surface area contributed by atoms with Crippen molar-refractivity contribution in [2.75, 3.05) is 49.1 Å². The van der Waals surface area contributed by atoms with Crippen molar-refractivity contribution in [3.05, 3.63) is 60.2 Å². The summed E-state index contributed by atoms with van der Waals surface area (Å²) in [6, 6.07) is 18.4. The molecule has 0 aromatic heterocycles. The SMILES string of the molecule is CCN(CC)c1ccc(C(=O)N2CCN(c3ccccc3)CC2)cc1. The summed E-state index contributed by atoms with van der Waals surface area (Å²) in [6.07, 6.45) is 0. The van der Waals surface area contributed by atoms with E-state index in [4.69, 9.17) is 0 Å². The van der Waals surface area contributed by atoms with Gasteiger partial charge in [0.25, 0.3) is 5.91 Å². The third-order valence-corrected chi connectivity index (χ3v) is 4.93. The predicted molar refractivity (Wildman–Crippen MR) is 105 cm³/mol. The molecule has 1 amide bonds. The van der Waals surface area contributed by atoms with Crippen LogP contribution in [0.15, 0.2) is 54.6 Å². The van der Waals surface area contributed by atoms with Gasteiger partial charge in [-0.2, -0.15) is 0 Å². The summed E-state index contributed by atoms with van der Waals surface area (Å²) in [7, 11) is 0. The van der Waals surface area contributed by atoms with Crippen molar-refractivity contribution in [3.63, 3.8) is 0 Å². The standard InChI is InChI=1S/C21H27N3O/c1-3-22(4-2)20-12-10-18(11-13-20)21(25)24-16-14-23(15-17-24)19-8-6-5-7-9-19/h5-13H,3-4,14-17H2,1-2H3. The lowest BCUT2D eigenvalue weighted by molar-refractivity contribution is 0.0747. The molecule has 0 radical (unpaired) electrons. The van der Waals surface area contributed by atoms with E-state index in [0.717, 1.165) is 44.8 Å². The Balaban J connectivity index is 1.61. The number of anilines is 2. The zero-order valence-corrected chi connectivity index (χ0v) is 15.2. The first kappa shape index (κ1) is 17.3. The van der Waals surface area contributed by atoms with E-state index in [1.165, 1.54) is 11.4 Å². The first-order valence-corrected chi connectivity index (χ1v) is 9.17.